The number of likely N-dealkylation sites (tertiary alicyclic amines) is 1. The fourth-order valence-electron chi connectivity index (χ4n) is 3.81. The molecule has 0 radical (unpaired) electrons. The van der Waals surface area contributed by atoms with Gasteiger partial charge in [0, 0.05) is 25.0 Å². The SMILES string of the molecule is CC1(N2C(=O)C=CC2=O)CCCCC1N1C(=O)CCC1=O. The number of hydrogen-bond donors (Lipinski definition) is 0. The summed E-state index contributed by atoms with van der Waals surface area (Å²) in [5.41, 5.74) is -0.800. The fraction of sp³-hybridized carbons (Fsp3) is 0.600. The van der Waals surface area contributed by atoms with Gasteiger partial charge in [0.25, 0.3) is 11.8 Å². The maximum Gasteiger partial charge on any atom is 0.254 e. The van der Waals surface area contributed by atoms with Gasteiger partial charge >= 0.3 is 0 Å². The maximum atomic E-state index is 12.1. The summed E-state index contributed by atoms with van der Waals surface area (Å²) in [6.45, 7) is 1.82. The zero-order valence-corrected chi connectivity index (χ0v) is 12.0. The van der Waals surface area contributed by atoms with E-state index < -0.39 is 11.6 Å². The molecule has 112 valence electrons. The first-order valence-corrected chi connectivity index (χ1v) is 7.36. The summed E-state index contributed by atoms with van der Waals surface area (Å²) < 4.78 is 0. The van der Waals surface area contributed by atoms with Gasteiger partial charge in [-0.3, -0.25) is 29.0 Å². The van der Waals surface area contributed by atoms with E-state index in [0.717, 1.165) is 12.8 Å². The van der Waals surface area contributed by atoms with Crippen molar-refractivity contribution in [3.8, 4) is 0 Å². The molecule has 2 heterocycles. The van der Waals surface area contributed by atoms with Crippen molar-refractivity contribution >= 4 is 23.6 Å². The van der Waals surface area contributed by atoms with Crippen LogP contribution in [0, 0.1) is 0 Å². The van der Waals surface area contributed by atoms with Crippen LogP contribution in [0.15, 0.2) is 12.2 Å². The lowest BCUT2D eigenvalue weighted by atomic mass is 9.76. The van der Waals surface area contributed by atoms with Crippen LogP contribution in [0.5, 0.6) is 0 Å². The smallest absolute Gasteiger partial charge is 0.254 e. The highest BCUT2D eigenvalue weighted by Gasteiger charge is 2.52. The van der Waals surface area contributed by atoms with Gasteiger partial charge in [-0.15, -0.1) is 0 Å². The van der Waals surface area contributed by atoms with E-state index in [9.17, 15) is 19.2 Å². The van der Waals surface area contributed by atoms with E-state index in [2.05, 4.69) is 0 Å². The molecule has 2 unspecified atom stereocenters. The fourth-order valence-corrected chi connectivity index (χ4v) is 3.81. The molecular weight excluding hydrogens is 272 g/mol. The summed E-state index contributed by atoms with van der Waals surface area (Å²) in [7, 11) is 0. The Balaban J connectivity index is 1.98. The molecule has 6 heteroatoms. The third kappa shape index (κ3) is 2.01. The largest absolute Gasteiger partial charge is 0.277 e. The van der Waals surface area contributed by atoms with Crippen LogP contribution in [-0.2, 0) is 19.2 Å². The molecular formula is C15H18N2O4. The second kappa shape index (κ2) is 4.79. The molecule has 2 aliphatic heterocycles. The highest BCUT2D eigenvalue weighted by atomic mass is 16.2. The first-order valence-electron chi connectivity index (χ1n) is 7.36. The Kier molecular flexibility index (Phi) is 3.19. The number of rotatable bonds is 2. The average Bonchev–Trinajstić information content (AvgIpc) is 2.94. The Bertz CT molecular complexity index is 534. The molecule has 2 fully saturated rings. The van der Waals surface area contributed by atoms with Crippen molar-refractivity contribution < 1.29 is 19.2 Å². The van der Waals surface area contributed by atoms with Crippen LogP contribution in [0.2, 0.25) is 0 Å². The number of imide groups is 2. The lowest BCUT2D eigenvalue weighted by Crippen LogP contribution is -2.64. The predicted octanol–water partition coefficient (Wildman–Crippen LogP) is 0.762. The van der Waals surface area contributed by atoms with Gasteiger partial charge in [-0.2, -0.15) is 0 Å². The first-order chi connectivity index (χ1) is 9.95. The minimum Gasteiger partial charge on any atom is -0.277 e. The Morgan fingerprint density at radius 1 is 1.00 bits per heavy atom. The van der Waals surface area contributed by atoms with Gasteiger partial charge in [0.15, 0.2) is 0 Å². The van der Waals surface area contributed by atoms with Gasteiger partial charge in [-0.25, -0.2) is 0 Å². The van der Waals surface area contributed by atoms with E-state index in [1.807, 2.05) is 6.92 Å². The van der Waals surface area contributed by atoms with E-state index in [1.54, 1.807) is 0 Å². The molecule has 0 aromatic heterocycles. The molecule has 0 spiro atoms. The second-order valence-electron chi connectivity index (χ2n) is 6.12. The molecule has 0 aromatic rings. The van der Waals surface area contributed by atoms with E-state index in [-0.39, 0.29) is 36.5 Å². The van der Waals surface area contributed by atoms with Crippen molar-refractivity contribution in [1.29, 1.82) is 0 Å². The lowest BCUT2D eigenvalue weighted by molar-refractivity contribution is -0.157. The van der Waals surface area contributed by atoms with Gasteiger partial charge in [0.2, 0.25) is 11.8 Å². The number of hydrogen-bond acceptors (Lipinski definition) is 4. The first kappa shape index (κ1) is 14.0. The predicted molar refractivity (Wildman–Crippen MR) is 72.7 cm³/mol. The van der Waals surface area contributed by atoms with E-state index >= 15 is 0 Å². The van der Waals surface area contributed by atoms with E-state index in [4.69, 9.17) is 0 Å². The third-order valence-corrected chi connectivity index (χ3v) is 4.85. The summed E-state index contributed by atoms with van der Waals surface area (Å²) >= 11 is 0. The summed E-state index contributed by atoms with van der Waals surface area (Å²) in [5, 5.41) is 0. The minimum absolute atomic E-state index is 0.190. The van der Waals surface area contributed by atoms with Crippen LogP contribution in [0.4, 0.5) is 0 Å². The number of amides is 4. The number of nitrogens with zero attached hydrogens (tertiary/aromatic N) is 2. The summed E-state index contributed by atoms with van der Waals surface area (Å²) in [5.74, 6) is -1.09. The Morgan fingerprint density at radius 2 is 1.57 bits per heavy atom. The van der Waals surface area contributed by atoms with Gasteiger partial charge in [-0.1, -0.05) is 12.8 Å². The van der Waals surface area contributed by atoms with Crippen LogP contribution in [0.25, 0.3) is 0 Å². The van der Waals surface area contributed by atoms with Gasteiger partial charge < -0.3 is 0 Å². The molecule has 1 aliphatic carbocycles. The molecule has 2 atom stereocenters. The zero-order chi connectivity index (χ0) is 15.2. The molecule has 1 saturated carbocycles. The van der Waals surface area contributed by atoms with E-state index in [1.165, 1.54) is 22.0 Å². The zero-order valence-electron chi connectivity index (χ0n) is 12.0. The van der Waals surface area contributed by atoms with Crippen molar-refractivity contribution in [2.45, 2.75) is 57.0 Å². The van der Waals surface area contributed by atoms with Crippen LogP contribution in [-0.4, -0.2) is 45.0 Å². The lowest BCUT2D eigenvalue weighted by Gasteiger charge is -2.49. The quantitative estimate of drug-likeness (QED) is 0.704. The van der Waals surface area contributed by atoms with Crippen LogP contribution in [0.1, 0.15) is 45.4 Å². The van der Waals surface area contributed by atoms with Crippen LogP contribution >= 0.6 is 0 Å². The van der Waals surface area contributed by atoms with Gasteiger partial charge in [0.05, 0.1) is 11.6 Å². The molecule has 4 amide bonds. The van der Waals surface area contributed by atoms with Crippen molar-refractivity contribution in [2.75, 3.05) is 0 Å². The van der Waals surface area contributed by atoms with Crippen molar-refractivity contribution in [1.82, 2.24) is 9.80 Å². The standard InChI is InChI=1S/C15H18N2O4/c1-15(17-13(20)7-8-14(17)21)9-3-2-4-10(15)16-11(18)5-6-12(16)19/h7-8,10H,2-6,9H2,1H3. The Labute approximate surface area is 122 Å². The van der Waals surface area contributed by atoms with E-state index in [0.29, 0.717) is 12.8 Å². The molecule has 6 nitrogen and oxygen atoms in total. The molecule has 3 rings (SSSR count). The monoisotopic (exact) mass is 290 g/mol. The molecule has 3 aliphatic rings. The molecule has 0 aromatic carbocycles. The molecule has 21 heavy (non-hydrogen) atoms. The van der Waals surface area contributed by atoms with Gasteiger partial charge in [-0.05, 0) is 19.8 Å². The molecule has 1 saturated heterocycles. The van der Waals surface area contributed by atoms with Crippen LogP contribution in [0.3, 0.4) is 0 Å². The average molecular weight is 290 g/mol. The Morgan fingerprint density at radius 3 is 2.14 bits per heavy atom. The number of carbonyl (C=O) groups is 4. The summed E-state index contributed by atoms with van der Waals surface area (Å²) in [4.78, 5) is 50.7. The third-order valence-electron chi connectivity index (χ3n) is 4.85. The van der Waals surface area contributed by atoms with Gasteiger partial charge in [0.1, 0.15) is 0 Å². The highest BCUT2D eigenvalue weighted by Crippen LogP contribution is 2.40. The summed E-state index contributed by atoms with van der Waals surface area (Å²) in [6, 6.07) is -0.401. The van der Waals surface area contributed by atoms with Crippen molar-refractivity contribution in [3.63, 3.8) is 0 Å². The highest BCUT2D eigenvalue weighted by molar-refractivity contribution is 6.13. The number of carbonyl (C=O) groups excluding carboxylic acids is 4. The second-order valence-corrected chi connectivity index (χ2v) is 6.12. The van der Waals surface area contributed by atoms with Crippen molar-refractivity contribution in [3.05, 3.63) is 12.2 Å². The van der Waals surface area contributed by atoms with Crippen LogP contribution < -0.4 is 0 Å². The minimum atomic E-state index is -0.800. The normalized spacial score (nSPS) is 33.5. The molecule has 0 N–H and O–H groups in total. The summed E-state index contributed by atoms with van der Waals surface area (Å²) in [6.07, 6.45) is 6.00. The Hall–Kier alpha value is -1.98. The molecule has 0 bridgehead atoms. The van der Waals surface area contributed by atoms with Crippen molar-refractivity contribution in [2.24, 2.45) is 0 Å². The topological polar surface area (TPSA) is 74.8 Å². The maximum absolute atomic E-state index is 12.1.